The van der Waals surface area contributed by atoms with Crippen LogP contribution in [0.4, 0.5) is 5.69 Å². The van der Waals surface area contributed by atoms with Crippen molar-refractivity contribution in [1.82, 2.24) is 9.78 Å². The third-order valence-electron chi connectivity index (χ3n) is 3.40. The number of hydrogen-bond acceptors (Lipinski definition) is 4. The summed E-state index contributed by atoms with van der Waals surface area (Å²) in [5.74, 6) is -0.935. The van der Waals surface area contributed by atoms with Gasteiger partial charge in [-0.1, -0.05) is 6.07 Å². The van der Waals surface area contributed by atoms with Crippen molar-refractivity contribution < 1.29 is 14.8 Å². The molecule has 1 aromatic carbocycles. The molecule has 110 valence electrons. The molecule has 21 heavy (non-hydrogen) atoms. The van der Waals surface area contributed by atoms with E-state index in [1.165, 1.54) is 6.07 Å². The van der Waals surface area contributed by atoms with E-state index in [-0.39, 0.29) is 12.1 Å². The molecule has 2 aromatic rings. The quantitative estimate of drug-likeness (QED) is 0.688. The maximum atomic E-state index is 11.0. The van der Waals surface area contributed by atoms with Crippen LogP contribution < -0.4 is 0 Å². The standard InChI is InChI=1S/C14H15N3O4/c1-8-4-5-11(6-13(8)17(20)21)16-10(3)12(7-14(18)19)9(2)15-16/h4-6H,7H2,1-3H3,(H,18,19). The van der Waals surface area contributed by atoms with Crippen LogP contribution in [-0.2, 0) is 11.2 Å². The number of carboxylic acids is 1. The number of nitro benzene ring substituents is 1. The fraction of sp³-hybridized carbons (Fsp3) is 0.286. The molecule has 0 bridgehead atoms. The molecule has 7 heteroatoms. The van der Waals surface area contributed by atoms with Gasteiger partial charge in [-0.15, -0.1) is 0 Å². The Morgan fingerprint density at radius 3 is 2.62 bits per heavy atom. The molecule has 1 N–H and O–H groups in total. The van der Waals surface area contributed by atoms with E-state index in [2.05, 4.69) is 5.10 Å². The number of carboxylic acid groups (broad SMARTS) is 1. The summed E-state index contributed by atoms with van der Waals surface area (Å²) < 4.78 is 1.54. The number of benzene rings is 1. The number of rotatable bonds is 4. The summed E-state index contributed by atoms with van der Waals surface area (Å²) >= 11 is 0. The van der Waals surface area contributed by atoms with Crippen LogP contribution in [0.25, 0.3) is 5.69 Å². The second-order valence-electron chi connectivity index (χ2n) is 4.86. The zero-order chi connectivity index (χ0) is 15.7. The average molecular weight is 289 g/mol. The number of aromatic nitrogens is 2. The van der Waals surface area contributed by atoms with Crippen molar-refractivity contribution in [2.45, 2.75) is 27.2 Å². The van der Waals surface area contributed by atoms with Gasteiger partial charge in [0.1, 0.15) is 0 Å². The van der Waals surface area contributed by atoms with Crippen molar-refractivity contribution in [3.63, 3.8) is 0 Å². The molecule has 0 aliphatic heterocycles. The number of aliphatic carboxylic acids is 1. The average Bonchev–Trinajstić information content (AvgIpc) is 2.66. The highest BCUT2D eigenvalue weighted by Gasteiger charge is 2.18. The normalized spacial score (nSPS) is 10.6. The lowest BCUT2D eigenvalue weighted by Gasteiger charge is -2.06. The Morgan fingerprint density at radius 2 is 2.05 bits per heavy atom. The second-order valence-corrected chi connectivity index (χ2v) is 4.86. The maximum Gasteiger partial charge on any atom is 0.307 e. The molecule has 0 unspecified atom stereocenters. The van der Waals surface area contributed by atoms with Crippen molar-refractivity contribution in [2.75, 3.05) is 0 Å². The molecular formula is C14H15N3O4. The summed E-state index contributed by atoms with van der Waals surface area (Å²) in [6, 6.07) is 4.83. The van der Waals surface area contributed by atoms with E-state index in [4.69, 9.17) is 5.11 Å². The monoisotopic (exact) mass is 289 g/mol. The largest absolute Gasteiger partial charge is 0.481 e. The number of nitro groups is 1. The zero-order valence-corrected chi connectivity index (χ0v) is 12.0. The Bertz CT molecular complexity index is 734. The molecule has 1 aromatic heterocycles. The molecule has 7 nitrogen and oxygen atoms in total. The van der Waals surface area contributed by atoms with Crippen molar-refractivity contribution in [2.24, 2.45) is 0 Å². The van der Waals surface area contributed by atoms with Crippen LogP contribution in [0.15, 0.2) is 18.2 Å². The first-order valence-corrected chi connectivity index (χ1v) is 6.33. The highest BCUT2D eigenvalue weighted by Crippen LogP contribution is 2.24. The highest BCUT2D eigenvalue weighted by molar-refractivity contribution is 5.71. The zero-order valence-electron chi connectivity index (χ0n) is 12.0. The van der Waals surface area contributed by atoms with Gasteiger partial charge in [-0.2, -0.15) is 5.10 Å². The van der Waals surface area contributed by atoms with E-state index in [0.29, 0.717) is 28.2 Å². The topological polar surface area (TPSA) is 98.3 Å². The number of aryl methyl sites for hydroxylation is 2. The van der Waals surface area contributed by atoms with E-state index in [1.807, 2.05) is 0 Å². The summed E-state index contributed by atoms with van der Waals surface area (Å²) in [7, 11) is 0. The minimum absolute atomic E-state index is 0.0137. The van der Waals surface area contributed by atoms with Gasteiger partial charge in [0.15, 0.2) is 0 Å². The third-order valence-corrected chi connectivity index (χ3v) is 3.40. The SMILES string of the molecule is Cc1ccc(-n2nc(C)c(CC(=O)O)c2C)cc1[N+](=O)[O-]. The van der Waals surface area contributed by atoms with Gasteiger partial charge in [-0.3, -0.25) is 14.9 Å². The first-order valence-electron chi connectivity index (χ1n) is 6.33. The van der Waals surface area contributed by atoms with E-state index in [0.717, 1.165) is 0 Å². The Kier molecular flexibility index (Phi) is 3.75. The fourth-order valence-electron chi connectivity index (χ4n) is 2.26. The van der Waals surface area contributed by atoms with Crippen molar-refractivity contribution in [3.05, 3.63) is 50.8 Å². The van der Waals surface area contributed by atoms with E-state index >= 15 is 0 Å². The number of hydrogen-bond donors (Lipinski definition) is 1. The summed E-state index contributed by atoms with van der Waals surface area (Å²) in [6.07, 6.45) is -0.119. The maximum absolute atomic E-state index is 11.0. The summed E-state index contributed by atoms with van der Waals surface area (Å²) in [5, 5.41) is 24.2. The second kappa shape index (κ2) is 5.35. The lowest BCUT2D eigenvalue weighted by Crippen LogP contribution is -2.04. The van der Waals surface area contributed by atoms with Gasteiger partial charge in [0.05, 0.1) is 22.7 Å². The molecule has 2 rings (SSSR count). The predicted octanol–water partition coefficient (Wildman–Crippen LogP) is 2.33. The van der Waals surface area contributed by atoms with E-state index < -0.39 is 10.9 Å². The van der Waals surface area contributed by atoms with Gasteiger partial charge in [-0.05, 0) is 26.8 Å². The van der Waals surface area contributed by atoms with Gasteiger partial charge in [0, 0.05) is 22.9 Å². The van der Waals surface area contributed by atoms with Crippen LogP contribution in [0.2, 0.25) is 0 Å². The minimum Gasteiger partial charge on any atom is -0.481 e. The fourth-order valence-corrected chi connectivity index (χ4v) is 2.26. The van der Waals surface area contributed by atoms with Gasteiger partial charge in [-0.25, -0.2) is 4.68 Å². The van der Waals surface area contributed by atoms with Crippen molar-refractivity contribution >= 4 is 11.7 Å². The summed E-state index contributed by atoms with van der Waals surface area (Å²) in [6.45, 7) is 5.15. The van der Waals surface area contributed by atoms with E-state index in [9.17, 15) is 14.9 Å². The third kappa shape index (κ3) is 2.76. The molecule has 0 amide bonds. The minimum atomic E-state index is -0.935. The highest BCUT2D eigenvalue weighted by atomic mass is 16.6. The van der Waals surface area contributed by atoms with Crippen LogP contribution >= 0.6 is 0 Å². The van der Waals surface area contributed by atoms with Crippen LogP contribution in [0.3, 0.4) is 0 Å². The van der Waals surface area contributed by atoms with Gasteiger partial charge in [0.2, 0.25) is 0 Å². The smallest absolute Gasteiger partial charge is 0.307 e. The summed E-state index contributed by atoms with van der Waals surface area (Å²) in [4.78, 5) is 21.4. The molecular weight excluding hydrogens is 274 g/mol. The molecule has 0 fully saturated rings. The molecule has 0 spiro atoms. The lowest BCUT2D eigenvalue weighted by molar-refractivity contribution is -0.385. The summed E-state index contributed by atoms with van der Waals surface area (Å²) in [5.41, 5.74) is 3.04. The van der Waals surface area contributed by atoms with Crippen LogP contribution in [0.5, 0.6) is 0 Å². The molecule has 0 aliphatic carbocycles. The Labute approximate surface area is 121 Å². The molecule has 0 radical (unpaired) electrons. The molecule has 0 aliphatic rings. The van der Waals surface area contributed by atoms with E-state index in [1.54, 1.807) is 37.6 Å². The number of nitrogens with zero attached hydrogens (tertiary/aromatic N) is 3. The van der Waals surface area contributed by atoms with Crippen LogP contribution in [0, 0.1) is 30.9 Å². The Morgan fingerprint density at radius 1 is 1.38 bits per heavy atom. The molecule has 0 saturated carbocycles. The Balaban J connectivity index is 2.55. The van der Waals surface area contributed by atoms with Crippen LogP contribution in [0.1, 0.15) is 22.5 Å². The molecule has 0 saturated heterocycles. The first kappa shape index (κ1) is 14.7. The van der Waals surface area contributed by atoms with Crippen molar-refractivity contribution in [1.29, 1.82) is 0 Å². The predicted molar refractivity (Wildman–Crippen MR) is 75.8 cm³/mol. The van der Waals surface area contributed by atoms with Gasteiger partial charge < -0.3 is 5.11 Å². The van der Waals surface area contributed by atoms with Crippen LogP contribution in [-0.4, -0.2) is 25.8 Å². The molecule has 0 atom stereocenters. The number of carbonyl (C=O) groups is 1. The Hall–Kier alpha value is -2.70. The molecule has 1 heterocycles. The lowest BCUT2D eigenvalue weighted by atomic mass is 10.1. The van der Waals surface area contributed by atoms with Crippen molar-refractivity contribution in [3.8, 4) is 5.69 Å². The van der Waals surface area contributed by atoms with Gasteiger partial charge in [0.25, 0.3) is 5.69 Å². The first-order chi connectivity index (χ1) is 9.81. The van der Waals surface area contributed by atoms with Gasteiger partial charge >= 0.3 is 5.97 Å².